The van der Waals surface area contributed by atoms with Crippen molar-refractivity contribution in [3.8, 4) is 11.1 Å². The Labute approximate surface area is 124 Å². The lowest BCUT2D eigenvalue weighted by molar-refractivity contribution is -0.131. The Hall–Kier alpha value is -2.36. The molecule has 0 unspecified atom stereocenters. The lowest BCUT2D eigenvalue weighted by Gasteiger charge is -2.11. The Morgan fingerprint density at radius 3 is 2.43 bits per heavy atom. The van der Waals surface area contributed by atoms with E-state index in [0.29, 0.717) is 6.42 Å². The van der Waals surface area contributed by atoms with Crippen LogP contribution in [0, 0.1) is 5.92 Å². The number of rotatable bonds is 5. The number of carboxylic acids is 1. The number of hydrogen-bond acceptors (Lipinski definition) is 2. The first kappa shape index (κ1) is 15.0. The SMILES string of the molecule is CC(C)/C(=C\C(=O)O)Cc1ccc(-c2cnn(C)c2)cc1. The van der Waals surface area contributed by atoms with Crippen molar-refractivity contribution in [2.45, 2.75) is 20.3 Å². The highest BCUT2D eigenvalue weighted by atomic mass is 16.4. The Kier molecular flexibility index (Phi) is 4.58. The molecular formula is C17H20N2O2. The van der Waals surface area contributed by atoms with Gasteiger partial charge in [0.15, 0.2) is 0 Å². The van der Waals surface area contributed by atoms with Gasteiger partial charge in [0, 0.05) is 24.9 Å². The largest absolute Gasteiger partial charge is 0.478 e. The van der Waals surface area contributed by atoms with Crippen LogP contribution in [0.2, 0.25) is 0 Å². The van der Waals surface area contributed by atoms with Gasteiger partial charge in [-0.15, -0.1) is 0 Å². The van der Waals surface area contributed by atoms with Crippen molar-refractivity contribution in [2.24, 2.45) is 13.0 Å². The van der Waals surface area contributed by atoms with Crippen LogP contribution in [0.3, 0.4) is 0 Å². The van der Waals surface area contributed by atoms with Gasteiger partial charge in [0.2, 0.25) is 0 Å². The van der Waals surface area contributed by atoms with Crippen LogP contribution in [0.1, 0.15) is 19.4 Å². The van der Waals surface area contributed by atoms with Gasteiger partial charge in [0.1, 0.15) is 0 Å². The second-order valence-electron chi connectivity index (χ2n) is 5.49. The summed E-state index contributed by atoms with van der Waals surface area (Å²) in [5, 5.41) is 13.1. The minimum atomic E-state index is -0.884. The third-order valence-corrected chi connectivity index (χ3v) is 3.45. The fourth-order valence-electron chi connectivity index (χ4n) is 2.20. The van der Waals surface area contributed by atoms with Crippen LogP contribution >= 0.6 is 0 Å². The maximum atomic E-state index is 10.9. The first-order valence-corrected chi connectivity index (χ1v) is 6.97. The molecule has 0 saturated heterocycles. The van der Waals surface area contributed by atoms with Crippen molar-refractivity contribution in [1.82, 2.24) is 9.78 Å². The molecule has 4 nitrogen and oxygen atoms in total. The van der Waals surface area contributed by atoms with Gasteiger partial charge in [0.25, 0.3) is 0 Å². The summed E-state index contributed by atoms with van der Waals surface area (Å²) in [4.78, 5) is 10.9. The first-order valence-electron chi connectivity index (χ1n) is 6.97. The molecule has 0 radical (unpaired) electrons. The van der Waals surface area contributed by atoms with E-state index < -0.39 is 5.97 Å². The number of benzene rings is 1. The lowest BCUT2D eigenvalue weighted by Crippen LogP contribution is -2.02. The van der Waals surface area contributed by atoms with Gasteiger partial charge < -0.3 is 5.11 Å². The van der Waals surface area contributed by atoms with Crippen molar-refractivity contribution in [3.63, 3.8) is 0 Å². The number of aromatic nitrogens is 2. The molecule has 0 aliphatic heterocycles. The minimum absolute atomic E-state index is 0.221. The maximum Gasteiger partial charge on any atom is 0.328 e. The summed E-state index contributed by atoms with van der Waals surface area (Å²) >= 11 is 0. The summed E-state index contributed by atoms with van der Waals surface area (Å²) in [5.74, 6) is -0.662. The van der Waals surface area contributed by atoms with Crippen molar-refractivity contribution in [2.75, 3.05) is 0 Å². The number of nitrogens with zero attached hydrogens (tertiary/aromatic N) is 2. The van der Waals surface area contributed by atoms with E-state index in [-0.39, 0.29) is 5.92 Å². The van der Waals surface area contributed by atoms with Gasteiger partial charge in [-0.2, -0.15) is 5.10 Å². The number of aliphatic carboxylic acids is 1. The molecule has 1 heterocycles. The van der Waals surface area contributed by atoms with E-state index in [1.54, 1.807) is 4.68 Å². The van der Waals surface area contributed by atoms with Crippen LogP contribution in [0.15, 0.2) is 48.3 Å². The lowest BCUT2D eigenvalue weighted by atomic mass is 9.94. The molecule has 1 aromatic heterocycles. The predicted molar refractivity (Wildman–Crippen MR) is 82.9 cm³/mol. The molecule has 0 fully saturated rings. The number of carboxylic acid groups (broad SMARTS) is 1. The second-order valence-corrected chi connectivity index (χ2v) is 5.49. The monoisotopic (exact) mass is 284 g/mol. The quantitative estimate of drug-likeness (QED) is 0.857. The van der Waals surface area contributed by atoms with Gasteiger partial charge in [0.05, 0.1) is 6.20 Å². The highest BCUT2D eigenvalue weighted by Gasteiger charge is 2.08. The van der Waals surface area contributed by atoms with E-state index >= 15 is 0 Å². The highest BCUT2D eigenvalue weighted by Crippen LogP contribution is 2.21. The van der Waals surface area contributed by atoms with Crippen molar-refractivity contribution >= 4 is 5.97 Å². The average molecular weight is 284 g/mol. The van der Waals surface area contributed by atoms with E-state index in [2.05, 4.69) is 5.10 Å². The zero-order valence-electron chi connectivity index (χ0n) is 12.6. The molecule has 1 N–H and O–H groups in total. The molecule has 4 heteroatoms. The fourth-order valence-corrected chi connectivity index (χ4v) is 2.20. The van der Waals surface area contributed by atoms with Gasteiger partial charge >= 0.3 is 5.97 Å². The molecule has 0 bridgehead atoms. The Morgan fingerprint density at radius 2 is 1.95 bits per heavy atom. The molecule has 2 aromatic rings. The third kappa shape index (κ3) is 4.05. The summed E-state index contributed by atoms with van der Waals surface area (Å²) in [6.07, 6.45) is 5.79. The summed E-state index contributed by atoms with van der Waals surface area (Å²) in [6, 6.07) is 8.18. The van der Waals surface area contributed by atoms with E-state index in [1.165, 1.54) is 6.08 Å². The fraction of sp³-hybridized carbons (Fsp3) is 0.294. The topological polar surface area (TPSA) is 55.1 Å². The van der Waals surface area contributed by atoms with Gasteiger partial charge in [-0.05, 0) is 23.5 Å². The summed E-state index contributed by atoms with van der Waals surface area (Å²) < 4.78 is 1.77. The molecule has 0 saturated carbocycles. The van der Waals surface area contributed by atoms with Gasteiger partial charge in [-0.1, -0.05) is 43.7 Å². The molecule has 0 aliphatic rings. The van der Waals surface area contributed by atoms with E-state index in [0.717, 1.165) is 22.3 Å². The number of allylic oxidation sites excluding steroid dienone is 1. The van der Waals surface area contributed by atoms with Crippen molar-refractivity contribution in [1.29, 1.82) is 0 Å². The number of aryl methyl sites for hydroxylation is 1. The molecule has 1 aromatic carbocycles. The summed E-state index contributed by atoms with van der Waals surface area (Å²) in [7, 11) is 1.89. The van der Waals surface area contributed by atoms with Crippen LogP contribution in [-0.4, -0.2) is 20.9 Å². The summed E-state index contributed by atoms with van der Waals surface area (Å²) in [5.41, 5.74) is 4.23. The Morgan fingerprint density at radius 1 is 1.29 bits per heavy atom. The Balaban J connectivity index is 2.17. The molecular weight excluding hydrogens is 264 g/mol. The zero-order valence-corrected chi connectivity index (χ0v) is 12.6. The standard InChI is InChI=1S/C17H20N2O2/c1-12(2)15(9-17(20)21)8-13-4-6-14(7-5-13)16-10-18-19(3)11-16/h4-7,9-12H,8H2,1-3H3,(H,20,21)/b15-9-. The predicted octanol–water partition coefficient (Wildman–Crippen LogP) is 3.30. The maximum absolute atomic E-state index is 10.9. The Bertz CT molecular complexity index is 652. The third-order valence-electron chi connectivity index (χ3n) is 3.45. The average Bonchev–Trinajstić information content (AvgIpc) is 2.85. The van der Waals surface area contributed by atoms with Crippen LogP contribution < -0.4 is 0 Å². The number of carbonyl (C=O) groups is 1. The minimum Gasteiger partial charge on any atom is -0.478 e. The van der Waals surface area contributed by atoms with Crippen LogP contribution in [0.5, 0.6) is 0 Å². The van der Waals surface area contributed by atoms with E-state index in [1.807, 2.05) is 57.6 Å². The first-order chi connectivity index (χ1) is 9.95. The van der Waals surface area contributed by atoms with E-state index in [4.69, 9.17) is 5.11 Å². The van der Waals surface area contributed by atoms with Crippen LogP contribution in [-0.2, 0) is 18.3 Å². The van der Waals surface area contributed by atoms with Crippen LogP contribution in [0.4, 0.5) is 0 Å². The smallest absolute Gasteiger partial charge is 0.328 e. The normalized spacial score (nSPS) is 11.9. The molecule has 2 rings (SSSR count). The molecule has 0 aliphatic carbocycles. The summed E-state index contributed by atoms with van der Waals surface area (Å²) in [6.45, 7) is 4.03. The van der Waals surface area contributed by atoms with Crippen molar-refractivity contribution in [3.05, 3.63) is 53.9 Å². The van der Waals surface area contributed by atoms with Gasteiger partial charge in [-0.25, -0.2) is 4.79 Å². The van der Waals surface area contributed by atoms with Crippen LogP contribution in [0.25, 0.3) is 11.1 Å². The molecule has 21 heavy (non-hydrogen) atoms. The zero-order chi connectivity index (χ0) is 15.4. The van der Waals surface area contributed by atoms with Gasteiger partial charge in [-0.3, -0.25) is 4.68 Å². The molecule has 0 amide bonds. The molecule has 0 spiro atoms. The molecule has 110 valence electrons. The highest BCUT2D eigenvalue weighted by molar-refractivity contribution is 5.80. The number of hydrogen-bond donors (Lipinski definition) is 1. The van der Waals surface area contributed by atoms with Crippen molar-refractivity contribution < 1.29 is 9.90 Å². The van der Waals surface area contributed by atoms with E-state index in [9.17, 15) is 4.79 Å². The molecule has 0 atom stereocenters. The second kappa shape index (κ2) is 6.39.